The van der Waals surface area contributed by atoms with Crippen molar-refractivity contribution in [3.05, 3.63) is 24.0 Å². The van der Waals surface area contributed by atoms with Crippen LogP contribution in [0.5, 0.6) is 0 Å². The lowest BCUT2D eigenvalue weighted by atomic mass is 10.00. The van der Waals surface area contributed by atoms with E-state index in [2.05, 4.69) is 9.27 Å². The Morgan fingerprint density at radius 2 is 2.15 bits per heavy atom. The molecule has 1 aromatic rings. The van der Waals surface area contributed by atoms with Gasteiger partial charge in [0.15, 0.2) is 0 Å². The van der Waals surface area contributed by atoms with Gasteiger partial charge in [-0.2, -0.15) is 13.5 Å². The number of aromatic nitrogens is 1. The highest BCUT2D eigenvalue weighted by Crippen LogP contribution is 2.31. The Labute approximate surface area is 148 Å². The molecule has 142 valence electrons. The molecule has 12 nitrogen and oxygen atoms in total. The number of hydroxylamine groups is 2. The van der Waals surface area contributed by atoms with Gasteiger partial charge in [0.25, 0.3) is 5.91 Å². The second kappa shape index (κ2) is 6.68. The van der Waals surface area contributed by atoms with E-state index < -0.39 is 40.3 Å². The summed E-state index contributed by atoms with van der Waals surface area (Å²) in [6.45, 7) is 0.0173. The second-order valence-electron chi connectivity index (χ2n) is 5.98. The minimum Gasteiger partial charge on any atom is -0.365 e. The SMILES string of the molecule is NN(C(=O)Cc1ccc[nH]1)C(=O)[C@@H]1CC[C@@H]2CN1C(=O)N2OS(=O)(=O)O. The summed E-state index contributed by atoms with van der Waals surface area (Å²) in [5.41, 5.74) is 0.576. The third-order valence-corrected chi connectivity index (χ3v) is 4.64. The number of H-pyrrole nitrogens is 1. The second-order valence-corrected chi connectivity index (χ2v) is 6.99. The molecule has 4 amide bonds. The Kier molecular flexibility index (Phi) is 4.70. The number of amides is 4. The zero-order chi connectivity index (χ0) is 19.1. The van der Waals surface area contributed by atoms with Gasteiger partial charge >= 0.3 is 16.4 Å². The van der Waals surface area contributed by atoms with Crippen LogP contribution >= 0.6 is 0 Å². The van der Waals surface area contributed by atoms with E-state index in [9.17, 15) is 22.8 Å². The number of nitrogens with one attached hydrogen (secondary N) is 1. The fourth-order valence-corrected chi connectivity index (χ4v) is 3.49. The van der Waals surface area contributed by atoms with Gasteiger partial charge < -0.3 is 9.88 Å². The highest BCUT2D eigenvalue weighted by molar-refractivity contribution is 7.80. The third kappa shape index (κ3) is 3.55. The summed E-state index contributed by atoms with van der Waals surface area (Å²) in [5.74, 6) is 4.19. The Morgan fingerprint density at radius 1 is 1.42 bits per heavy atom. The molecule has 0 aromatic carbocycles. The van der Waals surface area contributed by atoms with E-state index in [1.807, 2.05) is 0 Å². The number of hydrazine groups is 1. The Hall–Kier alpha value is -2.48. The van der Waals surface area contributed by atoms with Crippen LogP contribution in [0.2, 0.25) is 0 Å². The summed E-state index contributed by atoms with van der Waals surface area (Å²) in [5, 5.41) is 0.982. The number of carbonyl (C=O) groups is 3. The number of aromatic amines is 1. The lowest BCUT2D eigenvalue weighted by Gasteiger charge is -2.31. The molecule has 2 saturated heterocycles. The number of nitrogens with two attached hydrogens (primary N) is 1. The van der Waals surface area contributed by atoms with Crippen LogP contribution in [0, 0.1) is 0 Å². The molecule has 26 heavy (non-hydrogen) atoms. The van der Waals surface area contributed by atoms with Crippen LogP contribution < -0.4 is 5.84 Å². The van der Waals surface area contributed by atoms with E-state index in [0.29, 0.717) is 15.8 Å². The van der Waals surface area contributed by atoms with Crippen LogP contribution in [0.25, 0.3) is 0 Å². The largest absolute Gasteiger partial charge is 0.418 e. The summed E-state index contributed by atoms with van der Waals surface area (Å²) >= 11 is 0. The smallest absolute Gasteiger partial charge is 0.365 e. The van der Waals surface area contributed by atoms with Crippen molar-refractivity contribution in [3.63, 3.8) is 0 Å². The number of rotatable bonds is 5. The molecule has 2 atom stereocenters. The molecule has 3 rings (SSSR count). The maximum absolute atomic E-state index is 12.5. The van der Waals surface area contributed by atoms with E-state index in [-0.39, 0.29) is 25.8 Å². The minimum absolute atomic E-state index is 0.0173. The van der Waals surface area contributed by atoms with Crippen LogP contribution in [0.3, 0.4) is 0 Å². The zero-order valence-corrected chi connectivity index (χ0v) is 14.3. The van der Waals surface area contributed by atoms with Crippen LogP contribution in [0.4, 0.5) is 4.79 Å². The van der Waals surface area contributed by atoms with Gasteiger partial charge in [-0.25, -0.2) is 15.6 Å². The average Bonchev–Trinajstić information content (AvgIpc) is 3.16. The first-order valence-corrected chi connectivity index (χ1v) is 9.04. The average molecular weight is 387 g/mol. The fourth-order valence-electron chi connectivity index (χ4n) is 3.10. The molecule has 2 bridgehead atoms. The normalized spacial score (nSPS) is 22.6. The van der Waals surface area contributed by atoms with Crippen LogP contribution in [0.15, 0.2) is 18.3 Å². The summed E-state index contributed by atoms with van der Waals surface area (Å²) in [6, 6.07) is 0.809. The molecule has 3 heterocycles. The number of fused-ring (bicyclic) bond motifs is 2. The zero-order valence-electron chi connectivity index (χ0n) is 13.4. The van der Waals surface area contributed by atoms with Gasteiger partial charge in [-0.05, 0) is 25.0 Å². The van der Waals surface area contributed by atoms with Crippen molar-refractivity contribution >= 4 is 28.2 Å². The van der Waals surface area contributed by atoms with Gasteiger partial charge in [-0.1, -0.05) is 0 Å². The van der Waals surface area contributed by atoms with Crippen molar-refractivity contribution in [2.75, 3.05) is 6.54 Å². The molecule has 2 fully saturated rings. The lowest BCUT2D eigenvalue weighted by Crippen LogP contribution is -2.55. The summed E-state index contributed by atoms with van der Waals surface area (Å²) in [4.78, 5) is 40.9. The van der Waals surface area contributed by atoms with Gasteiger partial charge in [0.1, 0.15) is 6.04 Å². The molecule has 0 aliphatic carbocycles. The van der Waals surface area contributed by atoms with Crippen molar-refractivity contribution < 1.29 is 31.6 Å². The summed E-state index contributed by atoms with van der Waals surface area (Å²) in [6.07, 6.45) is 1.92. The van der Waals surface area contributed by atoms with E-state index in [1.165, 1.54) is 0 Å². The van der Waals surface area contributed by atoms with Crippen LogP contribution in [-0.2, 0) is 30.7 Å². The summed E-state index contributed by atoms with van der Waals surface area (Å²) in [7, 11) is -4.87. The summed E-state index contributed by atoms with van der Waals surface area (Å²) < 4.78 is 34.8. The molecular weight excluding hydrogens is 370 g/mol. The first kappa shape index (κ1) is 18.3. The molecule has 4 N–H and O–H groups in total. The van der Waals surface area contributed by atoms with E-state index in [0.717, 1.165) is 4.90 Å². The maximum Gasteiger partial charge on any atom is 0.418 e. The van der Waals surface area contributed by atoms with Crippen LogP contribution in [-0.4, -0.2) is 69.4 Å². The number of hydrogen-bond acceptors (Lipinski definition) is 7. The van der Waals surface area contributed by atoms with Crippen molar-refractivity contribution in [1.29, 1.82) is 0 Å². The van der Waals surface area contributed by atoms with Gasteiger partial charge in [-0.15, -0.1) is 4.28 Å². The number of piperidine rings is 1. The number of urea groups is 1. The van der Waals surface area contributed by atoms with Gasteiger partial charge in [0, 0.05) is 18.4 Å². The molecule has 0 spiro atoms. The van der Waals surface area contributed by atoms with E-state index in [4.69, 9.17) is 10.4 Å². The molecule has 13 heteroatoms. The number of imide groups is 1. The predicted octanol–water partition coefficient (Wildman–Crippen LogP) is -1.21. The first-order chi connectivity index (χ1) is 12.2. The standard InChI is InChI=1S/C13H17N5O7S/c14-17(11(19)6-8-2-1-5-15-8)12(20)10-4-3-9-7-16(10)13(21)18(9)25-26(22,23)24/h1-2,5,9-10,15H,3-4,6-7,14H2,(H,22,23,24)/t9-,10+/m1/s1. The number of carbonyl (C=O) groups excluding carboxylic acids is 3. The van der Waals surface area contributed by atoms with Crippen molar-refractivity contribution in [2.24, 2.45) is 5.84 Å². The lowest BCUT2D eigenvalue weighted by molar-refractivity contribution is -0.148. The van der Waals surface area contributed by atoms with Crippen molar-refractivity contribution in [3.8, 4) is 0 Å². The number of hydrogen-bond donors (Lipinski definition) is 3. The van der Waals surface area contributed by atoms with Crippen LogP contribution in [0.1, 0.15) is 18.5 Å². The minimum atomic E-state index is -4.87. The highest BCUT2D eigenvalue weighted by atomic mass is 32.3. The Balaban J connectivity index is 1.69. The van der Waals surface area contributed by atoms with Crippen molar-refractivity contribution in [2.45, 2.75) is 31.3 Å². The van der Waals surface area contributed by atoms with Crippen molar-refractivity contribution in [1.82, 2.24) is 20.0 Å². The van der Waals surface area contributed by atoms with Gasteiger partial charge in [0.05, 0.1) is 12.5 Å². The first-order valence-electron chi connectivity index (χ1n) is 7.68. The number of nitrogens with zero attached hydrogens (tertiary/aromatic N) is 3. The molecule has 0 unspecified atom stereocenters. The Bertz CT molecular complexity index is 824. The molecular formula is C13H17N5O7S. The molecule has 0 saturated carbocycles. The van der Waals surface area contributed by atoms with Gasteiger partial charge in [0.2, 0.25) is 5.91 Å². The molecule has 0 radical (unpaired) electrons. The molecule has 2 aliphatic rings. The predicted molar refractivity (Wildman–Crippen MR) is 83.9 cm³/mol. The Morgan fingerprint density at radius 3 is 2.77 bits per heavy atom. The van der Waals surface area contributed by atoms with Gasteiger partial charge in [-0.3, -0.25) is 14.1 Å². The maximum atomic E-state index is 12.5. The quantitative estimate of drug-likeness (QED) is 0.245. The topological polar surface area (TPSA) is 166 Å². The monoisotopic (exact) mass is 387 g/mol. The third-order valence-electron chi connectivity index (χ3n) is 4.29. The van der Waals surface area contributed by atoms with E-state index >= 15 is 0 Å². The molecule has 2 aliphatic heterocycles. The fraction of sp³-hybridized carbons (Fsp3) is 0.462. The van der Waals surface area contributed by atoms with E-state index in [1.54, 1.807) is 18.3 Å². The highest BCUT2D eigenvalue weighted by Gasteiger charge is 2.50. The molecule has 1 aromatic heterocycles.